The summed E-state index contributed by atoms with van der Waals surface area (Å²) in [5.41, 5.74) is 0.327. The van der Waals surface area contributed by atoms with Gasteiger partial charge in [0, 0.05) is 24.6 Å². The van der Waals surface area contributed by atoms with E-state index in [-0.39, 0.29) is 5.92 Å². The molecule has 3 atom stereocenters. The van der Waals surface area contributed by atoms with Gasteiger partial charge in [0.2, 0.25) is 5.88 Å². The number of aromatic nitrogens is 1. The van der Waals surface area contributed by atoms with Crippen LogP contribution in [0.1, 0.15) is 44.6 Å². The van der Waals surface area contributed by atoms with Gasteiger partial charge in [0.05, 0.1) is 12.2 Å². The van der Waals surface area contributed by atoms with Crippen molar-refractivity contribution >= 4 is 5.82 Å². The Bertz CT molecular complexity index is 736. The molecule has 1 aliphatic heterocycles. The molecule has 2 aliphatic rings. The minimum absolute atomic E-state index is 0.241. The molecule has 4 heteroatoms. The zero-order chi connectivity index (χ0) is 18.0. The van der Waals surface area contributed by atoms with Crippen LogP contribution in [0.4, 0.5) is 5.82 Å². The largest absolute Gasteiger partial charge is 0.478 e. The highest BCUT2D eigenvalue weighted by atomic mass is 16.5. The first-order chi connectivity index (χ1) is 12.7. The lowest BCUT2D eigenvalue weighted by atomic mass is 9.66. The first-order valence-corrected chi connectivity index (χ1v) is 9.87. The van der Waals surface area contributed by atoms with E-state index in [0.29, 0.717) is 18.5 Å². The van der Waals surface area contributed by atoms with Crippen molar-refractivity contribution in [3.8, 4) is 5.88 Å². The zero-order valence-electron chi connectivity index (χ0n) is 15.5. The summed E-state index contributed by atoms with van der Waals surface area (Å²) in [7, 11) is 0. The van der Waals surface area contributed by atoms with Crippen LogP contribution in [0.15, 0.2) is 48.5 Å². The van der Waals surface area contributed by atoms with Crippen molar-refractivity contribution < 1.29 is 9.84 Å². The Labute approximate surface area is 155 Å². The second-order valence-corrected chi connectivity index (χ2v) is 7.46. The molecule has 138 valence electrons. The van der Waals surface area contributed by atoms with Crippen LogP contribution in [0.2, 0.25) is 0 Å². The Kier molecular flexibility index (Phi) is 4.86. The maximum atomic E-state index is 11.7. The molecule has 4 nitrogen and oxygen atoms in total. The summed E-state index contributed by atoms with van der Waals surface area (Å²) >= 11 is 0. The normalized spacial score (nSPS) is 28.5. The average molecular weight is 352 g/mol. The van der Waals surface area contributed by atoms with Crippen LogP contribution in [-0.4, -0.2) is 29.3 Å². The number of rotatable bonds is 4. The number of ether oxygens (including phenoxy) is 1. The van der Waals surface area contributed by atoms with Gasteiger partial charge in [-0.15, -0.1) is 0 Å². The molecule has 0 radical (unpaired) electrons. The third-order valence-electron chi connectivity index (χ3n) is 6.05. The Hall–Kier alpha value is -2.07. The lowest BCUT2D eigenvalue weighted by Crippen LogP contribution is -2.57. The number of anilines is 1. The summed E-state index contributed by atoms with van der Waals surface area (Å²) in [4.78, 5) is 7.13. The Morgan fingerprint density at radius 2 is 1.92 bits per heavy atom. The molecule has 1 saturated heterocycles. The van der Waals surface area contributed by atoms with E-state index in [4.69, 9.17) is 9.72 Å². The van der Waals surface area contributed by atoms with Crippen molar-refractivity contribution in [2.75, 3.05) is 18.1 Å². The molecule has 1 saturated carbocycles. The summed E-state index contributed by atoms with van der Waals surface area (Å²) in [5, 5.41) is 11.7. The van der Waals surface area contributed by atoms with Gasteiger partial charge in [0.15, 0.2) is 0 Å². The van der Waals surface area contributed by atoms with E-state index in [9.17, 15) is 5.11 Å². The molecule has 2 fully saturated rings. The molecule has 1 aromatic heterocycles. The average Bonchev–Trinajstić information content (AvgIpc) is 2.70. The minimum atomic E-state index is -0.736. The molecule has 1 aromatic carbocycles. The van der Waals surface area contributed by atoms with Crippen LogP contribution in [-0.2, 0) is 5.60 Å². The van der Waals surface area contributed by atoms with Crippen LogP contribution in [0.3, 0.4) is 0 Å². The minimum Gasteiger partial charge on any atom is -0.478 e. The van der Waals surface area contributed by atoms with Gasteiger partial charge in [-0.05, 0) is 37.8 Å². The van der Waals surface area contributed by atoms with Crippen molar-refractivity contribution in [1.82, 2.24) is 4.98 Å². The standard InChI is InChI=1S/C22H28N2O2/c1-2-26-21-14-8-13-20(23-21)24-16-15-22(25,17-9-4-3-5-10-17)18-11-6-7-12-19(18)24/h3-5,8-10,13-14,18-19,25H,2,6-7,11-12,15-16H2,1H3/t18-,19+,22?/m1/s1. The topological polar surface area (TPSA) is 45.6 Å². The SMILES string of the molecule is CCOc1cccc(N2CCC(O)(c3ccccc3)[C@@H]3CCCC[C@@H]32)n1. The molecule has 4 rings (SSSR count). The highest BCUT2D eigenvalue weighted by Gasteiger charge is 2.49. The molecule has 1 aliphatic carbocycles. The first-order valence-electron chi connectivity index (χ1n) is 9.87. The maximum absolute atomic E-state index is 11.7. The van der Waals surface area contributed by atoms with Crippen LogP contribution in [0.25, 0.3) is 0 Å². The summed E-state index contributed by atoms with van der Waals surface area (Å²) in [5.74, 6) is 1.90. The van der Waals surface area contributed by atoms with E-state index in [1.54, 1.807) is 0 Å². The number of pyridine rings is 1. The molecule has 2 heterocycles. The second-order valence-electron chi connectivity index (χ2n) is 7.46. The number of aliphatic hydroxyl groups is 1. The van der Waals surface area contributed by atoms with Gasteiger partial charge in [-0.2, -0.15) is 4.98 Å². The van der Waals surface area contributed by atoms with E-state index < -0.39 is 5.60 Å². The van der Waals surface area contributed by atoms with Gasteiger partial charge in [0.1, 0.15) is 5.82 Å². The van der Waals surface area contributed by atoms with Crippen molar-refractivity contribution in [2.24, 2.45) is 5.92 Å². The number of benzene rings is 1. The smallest absolute Gasteiger partial charge is 0.215 e. The van der Waals surface area contributed by atoms with Gasteiger partial charge < -0.3 is 14.7 Å². The molecular weight excluding hydrogens is 324 g/mol. The number of nitrogens with zero attached hydrogens (tertiary/aromatic N) is 2. The number of hydrogen-bond acceptors (Lipinski definition) is 4. The van der Waals surface area contributed by atoms with Gasteiger partial charge >= 0.3 is 0 Å². The van der Waals surface area contributed by atoms with Crippen LogP contribution in [0, 0.1) is 5.92 Å². The van der Waals surface area contributed by atoms with Crippen molar-refractivity contribution in [2.45, 2.75) is 50.7 Å². The Morgan fingerprint density at radius 1 is 1.12 bits per heavy atom. The molecule has 1 unspecified atom stereocenters. The molecule has 0 spiro atoms. The van der Waals surface area contributed by atoms with Gasteiger partial charge in [-0.25, -0.2) is 0 Å². The summed E-state index contributed by atoms with van der Waals surface area (Å²) < 4.78 is 5.60. The predicted octanol–water partition coefficient (Wildman–Crippen LogP) is 4.14. The maximum Gasteiger partial charge on any atom is 0.215 e. The monoisotopic (exact) mass is 352 g/mol. The summed E-state index contributed by atoms with van der Waals surface area (Å²) in [6.07, 6.45) is 5.32. The molecule has 1 N–H and O–H groups in total. The first kappa shape index (κ1) is 17.3. The van der Waals surface area contributed by atoms with Crippen LogP contribution >= 0.6 is 0 Å². The fourth-order valence-corrected chi connectivity index (χ4v) is 4.85. The van der Waals surface area contributed by atoms with E-state index in [1.807, 2.05) is 37.3 Å². The van der Waals surface area contributed by atoms with Crippen molar-refractivity contribution in [1.29, 1.82) is 0 Å². The van der Waals surface area contributed by atoms with E-state index in [0.717, 1.165) is 37.2 Å². The van der Waals surface area contributed by atoms with Gasteiger partial charge in [-0.1, -0.05) is 49.2 Å². The van der Waals surface area contributed by atoms with Gasteiger partial charge in [0.25, 0.3) is 0 Å². The Morgan fingerprint density at radius 3 is 2.73 bits per heavy atom. The molecule has 26 heavy (non-hydrogen) atoms. The van der Waals surface area contributed by atoms with E-state index in [2.05, 4.69) is 23.1 Å². The highest BCUT2D eigenvalue weighted by Crippen LogP contribution is 2.47. The molecular formula is C22H28N2O2. The zero-order valence-corrected chi connectivity index (χ0v) is 15.5. The van der Waals surface area contributed by atoms with Crippen LogP contribution in [0.5, 0.6) is 5.88 Å². The second kappa shape index (κ2) is 7.28. The third kappa shape index (κ3) is 3.07. The molecule has 2 aromatic rings. The predicted molar refractivity (Wildman–Crippen MR) is 103 cm³/mol. The number of piperidine rings is 1. The number of fused-ring (bicyclic) bond motifs is 1. The summed E-state index contributed by atoms with van der Waals surface area (Å²) in [6.45, 7) is 3.41. The van der Waals surface area contributed by atoms with Gasteiger partial charge in [-0.3, -0.25) is 0 Å². The number of hydrogen-bond donors (Lipinski definition) is 1. The Balaban J connectivity index is 1.66. The summed E-state index contributed by atoms with van der Waals surface area (Å²) in [6, 6.07) is 16.6. The van der Waals surface area contributed by atoms with E-state index in [1.165, 1.54) is 12.8 Å². The lowest BCUT2D eigenvalue weighted by molar-refractivity contribution is -0.0690. The fraction of sp³-hybridized carbons (Fsp3) is 0.500. The fourth-order valence-electron chi connectivity index (χ4n) is 4.85. The van der Waals surface area contributed by atoms with E-state index >= 15 is 0 Å². The lowest BCUT2D eigenvalue weighted by Gasteiger charge is -2.53. The molecule has 0 amide bonds. The highest BCUT2D eigenvalue weighted by molar-refractivity contribution is 5.44. The quantitative estimate of drug-likeness (QED) is 0.898. The molecule has 0 bridgehead atoms. The van der Waals surface area contributed by atoms with Crippen molar-refractivity contribution in [3.63, 3.8) is 0 Å². The third-order valence-corrected chi connectivity index (χ3v) is 6.05. The van der Waals surface area contributed by atoms with Crippen LogP contribution < -0.4 is 9.64 Å². The van der Waals surface area contributed by atoms with Crippen molar-refractivity contribution in [3.05, 3.63) is 54.1 Å².